The molecule has 0 radical (unpaired) electrons. The predicted octanol–water partition coefficient (Wildman–Crippen LogP) is 0.0939. The fourth-order valence-electron chi connectivity index (χ4n) is 2.58. The van der Waals surface area contributed by atoms with Crippen LogP contribution in [0.25, 0.3) is 11.0 Å². The number of fused-ring (bicyclic) bond motifs is 1. The van der Waals surface area contributed by atoms with Crippen molar-refractivity contribution in [2.75, 3.05) is 6.54 Å². The highest BCUT2D eigenvalue weighted by atomic mass is 32.2. The van der Waals surface area contributed by atoms with Gasteiger partial charge in [-0.2, -0.15) is 4.31 Å². The molecule has 3 N–H and O–H groups in total. The number of aliphatic carboxylic acids is 1. The largest absolute Gasteiger partial charge is 0.480 e. The number of imidazole rings is 1. The van der Waals surface area contributed by atoms with E-state index in [9.17, 15) is 18.0 Å². The van der Waals surface area contributed by atoms with Gasteiger partial charge in [0.2, 0.25) is 10.0 Å². The van der Waals surface area contributed by atoms with Crippen molar-refractivity contribution >= 4 is 27.0 Å². The van der Waals surface area contributed by atoms with Gasteiger partial charge >= 0.3 is 11.7 Å². The molecule has 1 aliphatic rings. The molecular weight excluding hydrogens is 298 g/mol. The van der Waals surface area contributed by atoms with Crippen LogP contribution in [0.1, 0.15) is 12.8 Å². The summed E-state index contributed by atoms with van der Waals surface area (Å²) in [6.07, 6.45) is 0.817. The maximum Gasteiger partial charge on any atom is 0.323 e. The van der Waals surface area contributed by atoms with Crippen molar-refractivity contribution in [1.29, 1.82) is 0 Å². The molecule has 1 aromatic heterocycles. The van der Waals surface area contributed by atoms with Crippen LogP contribution in [-0.2, 0) is 14.8 Å². The zero-order valence-corrected chi connectivity index (χ0v) is 11.7. The number of aromatic amines is 2. The summed E-state index contributed by atoms with van der Waals surface area (Å²) in [6, 6.07) is 3.14. The molecule has 112 valence electrons. The van der Waals surface area contributed by atoms with E-state index in [1.165, 1.54) is 18.2 Å². The molecule has 0 saturated carbocycles. The van der Waals surface area contributed by atoms with Crippen LogP contribution in [0.2, 0.25) is 0 Å². The number of carboxylic acid groups (broad SMARTS) is 1. The molecule has 1 saturated heterocycles. The molecule has 0 bridgehead atoms. The van der Waals surface area contributed by atoms with Gasteiger partial charge in [-0.15, -0.1) is 0 Å². The van der Waals surface area contributed by atoms with Crippen LogP contribution in [0.3, 0.4) is 0 Å². The number of hydrogen-bond donors (Lipinski definition) is 3. The van der Waals surface area contributed by atoms with E-state index in [1.54, 1.807) is 0 Å². The number of rotatable bonds is 3. The van der Waals surface area contributed by atoms with E-state index in [0.29, 0.717) is 23.9 Å². The summed E-state index contributed by atoms with van der Waals surface area (Å²) in [5.74, 6) is -1.15. The van der Waals surface area contributed by atoms with Gasteiger partial charge in [-0.25, -0.2) is 13.2 Å². The molecule has 1 aliphatic heterocycles. The normalized spacial score (nSPS) is 20.1. The number of aromatic nitrogens is 2. The Morgan fingerprint density at radius 2 is 2.00 bits per heavy atom. The first kappa shape index (κ1) is 13.8. The highest BCUT2D eigenvalue weighted by Gasteiger charge is 2.39. The highest BCUT2D eigenvalue weighted by molar-refractivity contribution is 7.89. The van der Waals surface area contributed by atoms with Crippen LogP contribution in [0.15, 0.2) is 27.9 Å². The zero-order valence-electron chi connectivity index (χ0n) is 10.9. The molecule has 0 unspecified atom stereocenters. The van der Waals surface area contributed by atoms with Crippen LogP contribution in [0, 0.1) is 0 Å². The summed E-state index contributed by atoms with van der Waals surface area (Å²) in [7, 11) is -3.90. The fraction of sp³-hybridized carbons (Fsp3) is 0.333. The van der Waals surface area contributed by atoms with E-state index in [2.05, 4.69) is 9.97 Å². The van der Waals surface area contributed by atoms with E-state index in [-0.39, 0.29) is 11.4 Å². The van der Waals surface area contributed by atoms with Crippen molar-refractivity contribution in [1.82, 2.24) is 14.3 Å². The fourth-order valence-corrected chi connectivity index (χ4v) is 4.26. The smallest absolute Gasteiger partial charge is 0.323 e. The minimum Gasteiger partial charge on any atom is -0.480 e. The summed E-state index contributed by atoms with van der Waals surface area (Å²) >= 11 is 0. The number of benzene rings is 1. The molecule has 21 heavy (non-hydrogen) atoms. The molecule has 0 aliphatic carbocycles. The Bertz CT molecular complexity index is 866. The van der Waals surface area contributed by atoms with Crippen LogP contribution in [0.4, 0.5) is 0 Å². The number of hydrogen-bond acceptors (Lipinski definition) is 4. The molecule has 1 fully saturated rings. The van der Waals surface area contributed by atoms with Crippen LogP contribution >= 0.6 is 0 Å². The lowest BCUT2D eigenvalue weighted by molar-refractivity contribution is -0.140. The van der Waals surface area contributed by atoms with Crippen molar-refractivity contribution in [2.45, 2.75) is 23.8 Å². The lowest BCUT2D eigenvalue weighted by Crippen LogP contribution is -2.40. The standard InChI is InChI=1S/C12H13N3O5S/c16-11(17)10-2-1-5-15(10)21(19,20)7-3-4-8-9(6-7)14-12(18)13-8/h3-4,6,10H,1-2,5H2,(H,16,17)(H2,13,14,18)/t10-/m1/s1. The zero-order chi connectivity index (χ0) is 15.2. The van der Waals surface area contributed by atoms with Gasteiger partial charge in [0.05, 0.1) is 15.9 Å². The molecule has 3 rings (SSSR count). The van der Waals surface area contributed by atoms with Crippen molar-refractivity contribution < 1.29 is 18.3 Å². The molecule has 0 amide bonds. The second-order valence-corrected chi connectivity index (χ2v) is 6.79. The second-order valence-electron chi connectivity index (χ2n) is 4.90. The van der Waals surface area contributed by atoms with Gasteiger partial charge < -0.3 is 15.1 Å². The lowest BCUT2D eigenvalue weighted by atomic mass is 10.2. The third-order valence-electron chi connectivity index (χ3n) is 3.58. The number of nitrogens with zero attached hydrogens (tertiary/aromatic N) is 1. The Morgan fingerprint density at radius 3 is 2.71 bits per heavy atom. The average Bonchev–Trinajstić information content (AvgIpc) is 3.02. The molecule has 1 atom stereocenters. The summed E-state index contributed by atoms with van der Waals surface area (Å²) < 4.78 is 26.1. The lowest BCUT2D eigenvalue weighted by Gasteiger charge is -2.20. The van der Waals surface area contributed by atoms with Gasteiger partial charge in [-0.1, -0.05) is 0 Å². The Morgan fingerprint density at radius 1 is 1.29 bits per heavy atom. The van der Waals surface area contributed by atoms with Crippen molar-refractivity contribution in [2.24, 2.45) is 0 Å². The molecule has 1 aromatic carbocycles. The van der Waals surface area contributed by atoms with Crippen LogP contribution in [-0.4, -0.2) is 46.4 Å². The molecule has 0 spiro atoms. The third kappa shape index (κ3) is 2.24. The number of carbonyl (C=O) groups is 1. The van der Waals surface area contributed by atoms with E-state index in [4.69, 9.17) is 5.11 Å². The van der Waals surface area contributed by atoms with Gasteiger partial charge in [0.15, 0.2) is 0 Å². The SMILES string of the molecule is O=C(O)[C@H]1CCCN1S(=O)(=O)c1ccc2[nH]c(=O)[nH]c2c1. The predicted molar refractivity (Wildman–Crippen MR) is 73.5 cm³/mol. The van der Waals surface area contributed by atoms with Crippen LogP contribution in [0.5, 0.6) is 0 Å². The summed E-state index contributed by atoms with van der Waals surface area (Å²) in [5.41, 5.74) is 0.437. The maximum atomic E-state index is 12.6. The summed E-state index contributed by atoms with van der Waals surface area (Å²) in [6.45, 7) is 0.182. The maximum absolute atomic E-state index is 12.6. The number of H-pyrrole nitrogens is 2. The first-order valence-corrected chi connectivity index (χ1v) is 7.80. The summed E-state index contributed by atoms with van der Waals surface area (Å²) in [4.78, 5) is 27.3. The summed E-state index contributed by atoms with van der Waals surface area (Å²) in [5, 5.41) is 9.11. The van der Waals surface area contributed by atoms with E-state index in [1.807, 2.05) is 0 Å². The number of carboxylic acids is 1. The highest BCUT2D eigenvalue weighted by Crippen LogP contribution is 2.27. The van der Waals surface area contributed by atoms with E-state index < -0.39 is 27.7 Å². The monoisotopic (exact) mass is 311 g/mol. The van der Waals surface area contributed by atoms with Crippen molar-refractivity contribution in [3.8, 4) is 0 Å². The van der Waals surface area contributed by atoms with Gasteiger partial charge in [-0.3, -0.25) is 4.79 Å². The number of nitrogens with one attached hydrogen (secondary N) is 2. The van der Waals surface area contributed by atoms with Gasteiger partial charge in [0.25, 0.3) is 0 Å². The van der Waals surface area contributed by atoms with Crippen molar-refractivity contribution in [3.05, 3.63) is 28.7 Å². The average molecular weight is 311 g/mol. The second kappa shape index (κ2) is 4.71. The third-order valence-corrected chi connectivity index (χ3v) is 5.49. The van der Waals surface area contributed by atoms with Gasteiger partial charge in [-0.05, 0) is 31.0 Å². The molecule has 9 heteroatoms. The van der Waals surface area contributed by atoms with Gasteiger partial charge in [0, 0.05) is 6.54 Å². The topological polar surface area (TPSA) is 123 Å². The van der Waals surface area contributed by atoms with Crippen molar-refractivity contribution in [3.63, 3.8) is 0 Å². The first-order valence-electron chi connectivity index (χ1n) is 6.36. The first-order chi connectivity index (χ1) is 9.89. The molecule has 2 heterocycles. The Kier molecular flexibility index (Phi) is 3.10. The van der Waals surface area contributed by atoms with Crippen LogP contribution < -0.4 is 5.69 Å². The molecule has 8 nitrogen and oxygen atoms in total. The quantitative estimate of drug-likeness (QED) is 0.741. The molecule has 2 aromatic rings. The molecular formula is C12H13N3O5S. The minimum absolute atomic E-state index is 0.0293. The Hall–Kier alpha value is -2.13. The van der Waals surface area contributed by atoms with E-state index in [0.717, 1.165) is 4.31 Å². The minimum atomic E-state index is -3.90. The Labute approximate surface area is 119 Å². The number of sulfonamides is 1. The van der Waals surface area contributed by atoms with E-state index >= 15 is 0 Å². The Balaban J connectivity index is 2.07. The van der Waals surface area contributed by atoms with Gasteiger partial charge in [0.1, 0.15) is 6.04 Å².